The summed E-state index contributed by atoms with van der Waals surface area (Å²) < 4.78 is 7.78. The second-order valence-electron chi connectivity index (χ2n) is 7.04. The van der Waals surface area contributed by atoms with Crippen molar-refractivity contribution in [3.05, 3.63) is 81.8 Å². The van der Waals surface area contributed by atoms with Crippen molar-refractivity contribution in [2.45, 2.75) is 12.1 Å². The van der Waals surface area contributed by atoms with Gasteiger partial charge in [-0.25, -0.2) is 9.78 Å². The lowest BCUT2D eigenvalue weighted by atomic mass is 9.99. The van der Waals surface area contributed by atoms with Crippen LogP contribution in [0, 0.1) is 0 Å². The number of carbonyl (C=O) groups is 1. The summed E-state index contributed by atoms with van der Waals surface area (Å²) in [5.41, 5.74) is 1.32. The number of aliphatic hydroxyl groups is 2. The Labute approximate surface area is 186 Å². The number of carboxylic acid groups (broad SMARTS) is 1. The van der Waals surface area contributed by atoms with Crippen molar-refractivity contribution in [1.29, 1.82) is 0 Å². The Balaban J connectivity index is 1.87. The van der Waals surface area contributed by atoms with Crippen molar-refractivity contribution in [3.63, 3.8) is 0 Å². The maximum atomic E-state index is 12.0. The van der Waals surface area contributed by atoms with Crippen LogP contribution in [0.4, 0.5) is 0 Å². The summed E-state index contributed by atoms with van der Waals surface area (Å²) in [4.78, 5) is 21.0. The fourth-order valence-electron chi connectivity index (χ4n) is 3.58. The molecule has 8 nitrogen and oxygen atoms in total. The minimum absolute atomic E-state index is 0.0372. The van der Waals surface area contributed by atoms with E-state index >= 15 is 0 Å². The summed E-state index contributed by atoms with van der Waals surface area (Å²) in [6.45, 7) is -0.820. The normalized spacial score (nSPS) is 14.7. The third-order valence-electron chi connectivity index (χ3n) is 5.07. The molecule has 4 rings (SSSR count). The smallest absolute Gasteiger partial charge is 0.344 e. The van der Waals surface area contributed by atoms with Crippen LogP contribution in [0.3, 0.4) is 0 Å². The molecule has 1 unspecified atom stereocenters. The number of carboxylic acids is 1. The number of benzene rings is 2. The molecule has 3 N–H and O–H groups in total. The van der Waals surface area contributed by atoms with Gasteiger partial charge in [0.25, 0.3) is 0 Å². The summed E-state index contributed by atoms with van der Waals surface area (Å²) in [6, 6.07) is 15.4. The molecule has 0 saturated carbocycles. The number of aliphatic hydroxyl groups excluding tert-OH is 1. The number of hydrogen-bond donors (Lipinski definition) is 3. The molecule has 31 heavy (non-hydrogen) atoms. The highest BCUT2D eigenvalue weighted by Gasteiger charge is 2.44. The summed E-state index contributed by atoms with van der Waals surface area (Å²) in [5, 5.41) is 29.6. The predicted molar refractivity (Wildman–Crippen MR) is 116 cm³/mol. The summed E-state index contributed by atoms with van der Waals surface area (Å²) >= 11 is 3.51. The quantitative estimate of drug-likeness (QED) is 0.442. The molecule has 0 amide bonds. The zero-order valence-corrected chi connectivity index (χ0v) is 18.0. The molecule has 0 saturated heterocycles. The lowest BCUT2D eigenvalue weighted by molar-refractivity contribution is -0.168. The van der Waals surface area contributed by atoms with E-state index in [1.54, 1.807) is 4.57 Å². The number of ether oxygens (including phenoxy) is 1. The van der Waals surface area contributed by atoms with Gasteiger partial charge in [0, 0.05) is 15.6 Å². The molecule has 1 aliphatic rings. The molecular weight excluding hydrogens is 466 g/mol. The molecule has 0 fully saturated rings. The Kier molecular flexibility index (Phi) is 6.01. The molecule has 0 radical (unpaired) electrons. The Hall–Kier alpha value is -2.85. The molecule has 9 heteroatoms. The SMILES string of the molecule is O=C(O)C(O)(COCCO)c1ncn2c1CN=C(c1ccccc1)c1cc(Br)ccc1-2. The van der Waals surface area contributed by atoms with Crippen LogP contribution in [0.15, 0.2) is 64.3 Å². The maximum Gasteiger partial charge on any atom is 0.344 e. The highest BCUT2D eigenvalue weighted by Crippen LogP contribution is 2.32. The zero-order valence-electron chi connectivity index (χ0n) is 16.4. The first-order valence-corrected chi connectivity index (χ1v) is 10.4. The van der Waals surface area contributed by atoms with Crippen molar-refractivity contribution < 1.29 is 24.9 Å². The molecular formula is C22H20BrN3O5. The van der Waals surface area contributed by atoms with Gasteiger partial charge in [-0.05, 0) is 18.2 Å². The van der Waals surface area contributed by atoms with Crippen molar-refractivity contribution in [2.75, 3.05) is 19.8 Å². The standard InChI is InChI=1S/C22H20BrN3O5/c23-15-6-7-17-16(10-15)19(14-4-2-1-3-5-14)24-11-18-20(25-13-26(17)18)22(30,21(28)29)12-31-9-8-27/h1-7,10,13,27,30H,8-9,11-12H2,(H,28,29). The first kappa shape index (κ1) is 21.4. The van der Waals surface area contributed by atoms with Gasteiger partial charge in [-0.3, -0.25) is 4.99 Å². The van der Waals surface area contributed by atoms with Gasteiger partial charge < -0.3 is 24.6 Å². The van der Waals surface area contributed by atoms with Crippen LogP contribution in [0.25, 0.3) is 5.69 Å². The van der Waals surface area contributed by atoms with Crippen molar-refractivity contribution in [1.82, 2.24) is 9.55 Å². The van der Waals surface area contributed by atoms with Crippen LogP contribution in [0.2, 0.25) is 0 Å². The number of aliphatic carboxylic acids is 1. The van der Waals surface area contributed by atoms with E-state index in [-0.39, 0.29) is 25.5 Å². The van der Waals surface area contributed by atoms with Gasteiger partial charge >= 0.3 is 5.97 Å². The van der Waals surface area contributed by atoms with E-state index in [4.69, 9.17) is 14.8 Å². The summed E-state index contributed by atoms with van der Waals surface area (Å²) in [7, 11) is 0. The van der Waals surface area contributed by atoms with E-state index in [1.807, 2.05) is 48.5 Å². The van der Waals surface area contributed by atoms with Gasteiger partial charge in [-0.15, -0.1) is 0 Å². The highest BCUT2D eigenvalue weighted by atomic mass is 79.9. The molecule has 160 valence electrons. The minimum atomic E-state index is -2.38. The third-order valence-corrected chi connectivity index (χ3v) is 5.56. The molecule has 0 spiro atoms. The van der Waals surface area contributed by atoms with Crippen molar-refractivity contribution >= 4 is 27.6 Å². The average Bonchev–Trinajstić information content (AvgIpc) is 3.12. The minimum Gasteiger partial charge on any atom is -0.479 e. The van der Waals surface area contributed by atoms with Crippen molar-refractivity contribution in [2.24, 2.45) is 4.99 Å². The lowest BCUT2D eigenvalue weighted by Crippen LogP contribution is -2.42. The molecule has 1 aromatic heterocycles. The highest BCUT2D eigenvalue weighted by molar-refractivity contribution is 9.10. The third kappa shape index (κ3) is 3.92. The molecule has 0 aliphatic carbocycles. The van der Waals surface area contributed by atoms with Gasteiger partial charge in [0.05, 0.1) is 49.8 Å². The Bertz CT molecular complexity index is 1150. The van der Waals surface area contributed by atoms with Crippen LogP contribution >= 0.6 is 15.9 Å². The predicted octanol–water partition coefficient (Wildman–Crippen LogP) is 2.27. The fourth-order valence-corrected chi connectivity index (χ4v) is 3.94. The Morgan fingerprint density at radius 3 is 2.71 bits per heavy atom. The van der Waals surface area contributed by atoms with Gasteiger partial charge in [-0.1, -0.05) is 46.3 Å². The number of aromatic nitrogens is 2. The number of hydrogen-bond acceptors (Lipinski definition) is 6. The Morgan fingerprint density at radius 2 is 2.00 bits per heavy atom. The second-order valence-corrected chi connectivity index (χ2v) is 7.96. The Morgan fingerprint density at radius 1 is 1.23 bits per heavy atom. The second kappa shape index (κ2) is 8.72. The molecule has 1 aliphatic heterocycles. The fraction of sp³-hybridized carbons (Fsp3) is 0.227. The van der Waals surface area contributed by atoms with Gasteiger partial charge in [0.15, 0.2) is 0 Å². The molecule has 1 atom stereocenters. The first-order valence-electron chi connectivity index (χ1n) is 9.57. The number of nitrogens with zero attached hydrogens (tertiary/aromatic N) is 3. The maximum absolute atomic E-state index is 12.0. The van der Waals surface area contributed by atoms with E-state index in [0.717, 1.165) is 27.0 Å². The van der Waals surface area contributed by atoms with Gasteiger partial charge in [-0.2, -0.15) is 0 Å². The topological polar surface area (TPSA) is 117 Å². The van der Waals surface area contributed by atoms with Gasteiger partial charge in [0.1, 0.15) is 5.69 Å². The van der Waals surface area contributed by atoms with Crippen LogP contribution < -0.4 is 0 Å². The van der Waals surface area contributed by atoms with E-state index in [0.29, 0.717) is 5.69 Å². The van der Waals surface area contributed by atoms with Crippen LogP contribution in [-0.4, -0.2) is 56.4 Å². The number of halogens is 1. The largest absolute Gasteiger partial charge is 0.479 e. The van der Waals surface area contributed by atoms with E-state index in [9.17, 15) is 15.0 Å². The summed E-state index contributed by atoms with van der Waals surface area (Å²) in [5.74, 6) is -1.49. The molecule has 0 bridgehead atoms. The van der Waals surface area contributed by atoms with Crippen LogP contribution in [0.1, 0.15) is 22.5 Å². The average molecular weight is 486 g/mol. The van der Waals surface area contributed by atoms with E-state index in [2.05, 4.69) is 20.9 Å². The number of rotatable bonds is 7. The van der Waals surface area contributed by atoms with Gasteiger partial charge in [0.2, 0.25) is 5.60 Å². The molecule has 2 aromatic carbocycles. The summed E-state index contributed by atoms with van der Waals surface area (Å²) in [6.07, 6.45) is 1.49. The monoisotopic (exact) mass is 485 g/mol. The van der Waals surface area contributed by atoms with Crippen LogP contribution in [0.5, 0.6) is 0 Å². The van der Waals surface area contributed by atoms with Crippen molar-refractivity contribution in [3.8, 4) is 5.69 Å². The first-order chi connectivity index (χ1) is 15.0. The number of imidazole rings is 1. The van der Waals surface area contributed by atoms with E-state index < -0.39 is 18.2 Å². The number of aliphatic imine (C=N–C) groups is 1. The number of fused-ring (bicyclic) bond motifs is 3. The van der Waals surface area contributed by atoms with Crippen LogP contribution in [-0.2, 0) is 21.7 Å². The zero-order chi connectivity index (χ0) is 22.0. The lowest BCUT2D eigenvalue weighted by Gasteiger charge is -2.22. The molecule has 3 aromatic rings. The molecule has 2 heterocycles. The van der Waals surface area contributed by atoms with E-state index in [1.165, 1.54) is 6.33 Å².